The Bertz CT molecular complexity index is 909. The van der Waals surface area contributed by atoms with E-state index in [2.05, 4.69) is 23.7 Å². The average molecular weight is 414 g/mol. The Labute approximate surface area is 175 Å². The van der Waals surface area contributed by atoms with Crippen molar-refractivity contribution in [3.63, 3.8) is 0 Å². The van der Waals surface area contributed by atoms with E-state index in [1.165, 1.54) is 17.3 Å². The van der Waals surface area contributed by atoms with Gasteiger partial charge in [0.05, 0.1) is 11.6 Å². The van der Waals surface area contributed by atoms with Gasteiger partial charge in [-0.1, -0.05) is 37.6 Å². The summed E-state index contributed by atoms with van der Waals surface area (Å²) in [6.45, 7) is 6.83. The molecule has 1 amide bonds. The van der Waals surface area contributed by atoms with Crippen molar-refractivity contribution >= 4 is 29.1 Å². The zero-order valence-electron chi connectivity index (χ0n) is 16.5. The average Bonchev–Trinajstić information content (AvgIpc) is 3.00. The minimum atomic E-state index is -0.682. The van der Waals surface area contributed by atoms with Crippen LogP contribution < -0.4 is 0 Å². The van der Waals surface area contributed by atoms with Crippen LogP contribution in [0.15, 0.2) is 54.4 Å². The number of Topliss-reactive ketones (excluding diaryl/α,β-unsaturated/α-hetero) is 1. The minimum absolute atomic E-state index is 0.0862. The molecular weight excluding hydrogens is 390 g/mol. The predicted molar refractivity (Wildman–Crippen MR) is 112 cm³/mol. The van der Waals surface area contributed by atoms with Crippen LogP contribution in [-0.2, 0) is 9.59 Å². The third-order valence-electron chi connectivity index (χ3n) is 5.23. The number of hydrogen-bond acceptors (Lipinski definition) is 5. The summed E-state index contributed by atoms with van der Waals surface area (Å²) in [6, 6.07) is 9.54. The van der Waals surface area contributed by atoms with Crippen LogP contribution in [0.3, 0.4) is 0 Å². The largest absolute Gasteiger partial charge is 0.507 e. The third kappa shape index (κ3) is 4.33. The van der Waals surface area contributed by atoms with E-state index in [9.17, 15) is 14.7 Å². The molecule has 0 spiro atoms. The van der Waals surface area contributed by atoms with E-state index >= 15 is 0 Å². The highest BCUT2D eigenvalue weighted by Gasteiger charge is 2.45. The lowest BCUT2D eigenvalue weighted by atomic mass is 9.95. The number of likely N-dealkylation sites (N-methyl/N-ethyl adjacent to an activating group) is 1. The van der Waals surface area contributed by atoms with E-state index in [-0.39, 0.29) is 11.3 Å². The van der Waals surface area contributed by atoms with Crippen molar-refractivity contribution in [2.24, 2.45) is 0 Å². The highest BCUT2D eigenvalue weighted by Crippen LogP contribution is 2.39. The van der Waals surface area contributed by atoms with Gasteiger partial charge in [0, 0.05) is 36.1 Å². The molecule has 0 saturated carbocycles. The Morgan fingerprint density at radius 1 is 1.10 bits per heavy atom. The summed E-state index contributed by atoms with van der Waals surface area (Å²) in [7, 11) is 0. The van der Waals surface area contributed by atoms with Crippen molar-refractivity contribution in [2.75, 3.05) is 26.2 Å². The van der Waals surface area contributed by atoms with Crippen LogP contribution in [0.1, 0.15) is 31.0 Å². The zero-order valence-corrected chi connectivity index (χ0v) is 17.3. The van der Waals surface area contributed by atoms with Gasteiger partial charge in [-0.3, -0.25) is 14.6 Å². The van der Waals surface area contributed by atoms with Gasteiger partial charge >= 0.3 is 0 Å². The summed E-state index contributed by atoms with van der Waals surface area (Å²) in [6.07, 6.45) is 3.06. The summed E-state index contributed by atoms with van der Waals surface area (Å²) in [5, 5.41) is 11.5. The highest BCUT2D eigenvalue weighted by atomic mass is 35.5. The van der Waals surface area contributed by atoms with Crippen molar-refractivity contribution in [2.45, 2.75) is 19.9 Å². The number of aromatic nitrogens is 1. The molecule has 0 unspecified atom stereocenters. The molecule has 1 aromatic carbocycles. The van der Waals surface area contributed by atoms with Crippen molar-refractivity contribution < 1.29 is 14.7 Å². The first-order valence-corrected chi connectivity index (χ1v) is 10.0. The number of carbonyl (C=O) groups excluding carboxylic acids is 2. The fourth-order valence-electron chi connectivity index (χ4n) is 3.56. The molecule has 29 heavy (non-hydrogen) atoms. The van der Waals surface area contributed by atoms with Crippen LogP contribution in [0.2, 0.25) is 5.02 Å². The van der Waals surface area contributed by atoms with Crippen molar-refractivity contribution in [1.82, 2.24) is 14.8 Å². The van der Waals surface area contributed by atoms with Crippen LogP contribution in [0, 0.1) is 0 Å². The second kappa shape index (κ2) is 9.20. The second-order valence-corrected chi connectivity index (χ2v) is 7.24. The quantitative estimate of drug-likeness (QED) is 0.427. The molecule has 152 valence electrons. The first-order valence-electron chi connectivity index (χ1n) is 9.64. The standard InChI is InChI=1S/C22H24ClN3O3/c1-3-25(4-2)13-14-26-19(15-5-7-17(23)8-6-15)18(21(28)22(26)29)20(27)16-9-11-24-12-10-16/h5-12,19,27H,3-4,13-14H2,1-2H3/b20-18+/t19-/m0/s1. The van der Waals surface area contributed by atoms with Crippen LogP contribution in [0.4, 0.5) is 0 Å². The molecular formula is C22H24ClN3O3. The number of likely N-dealkylation sites (tertiary alicyclic amines) is 1. The van der Waals surface area contributed by atoms with Gasteiger partial charge in [0.2, 0.25) is 0 Å². The van der Waals surface area contributed by atoms with Gasteiger partial charge in [-0.25, -0.2) is 0 Å². The maximum absolute atomic E-state index is 12.9. The van der Waals surface area contributed by atoms with Gasteiger partial charge in [-0.2, -0.15) is 0 Å². The van der Waals surface area contributed by atoms with Gasteiger partial charge < -0.3 is 14.9 Å². The number of hydrogen-bond donors (Lipinski definition) is 1. The topological polar surface area (TPSA) is 73.7 Å². The van der Waals surface area contributed by atoms with Crippen LogP contribution in [-0.4, -0.2) is 57.8 Å². The van der Waals surface area contributed by atoms with Crippen molar-refractivity contribution in [1.29, 1.82) is 0 Å². The molecule has 1 aromatic heterocycles. The maximum atomic E-state index is 12.9. The van der Waals surface area contributed by atoms with Crippen LogP contribution >= 0.6 is 11.6 Å². The number of aliphatic hydroxyl groups excluding tert-OH is 1. The number of halogens is 1. The maximum Gasteiger partial charge on any atom is 0.295 e. The normalized spacial score (nSPS) is 18.6. The molecule has 2 heterocycles. The fourth-order valence-corrected chi connectivity index (χ4v) is 3.68. The van der Waals surface area contributed by atoms with E-state index in [0.717, 1.165) is 18.7 Å². The smallest absolute Gasteiger partial charge is 0.295 e. The Kier molecular flexibility index (Phi) is 6.67. The van der Waals surface area contributed by atoms with Gasteiger partial charge in [0.15, 0.2) is 0 Å². The second-order valence-electron chi connectivity index (χ2n) is 6.81. The summed E-state index contributed by atoms with van der Waals surface area (Å²) in [5.41, 5.74) is 1.26. The molecule has 0 radical (unpaired) electrons. The van der Waals surface area contributed by atoms with Gasteiger partial charge in [0.25, 0.3) is 11.7 Å². The summed E-state index contributed by atoms with van der Waals surface area (Å²) >= 11 is 6.02. The molecule has 1 saturated heterocycles. The molecule has 0 aliphatic carbocycles. The summed E-state index contributed by atoms with van der Waals surface area (Å²) in [5.74, 6) is -1.48. The first kappa shape index (κ1) is 21.0. The molecule has 1 aliphatic heterocycles. The van der Waals surface area contributed by atoms with E-state index in [4.69, 9.17) is 11.6 Å². The lowest BCUT2D eigenvalue weighted by Gasteiger charge is -2.28. The number of ketones is 1. The number of aliphatic hydroxyl groups is 1. The van der Waals surface area contributed by atoms with E-state index in [1.54, 1.807) is 36.4 Å². The van der Waals surface area contributed by atoms with E-state index in [1.807, 2.05) is 0 Å². The molecule has 1 atom stereocenters. The number of rotatable bonds is 7. The molecule has 3 rings (SSSR count). The van der Waals surface area contributed by atoms with E-state index < -0.39 is 17.7 Å². The Morgan fingerprint density at radius 3 is 2.31 bits per heavy atom. The lowest BCUT2D eigenvalue weighted by Crippen LogP contribution is -2.38. The van der Waals surface area contributed by atoms with Crippen molar-refractivity contribution in [3.05, 3.63) is 70.5 Å². The summed E-state index contributed by atoms with van der Waals surface area (Å²) < 4.78 is 0. The number of nitrogens with zero attached hydrogens (tertiary/aromatic N) is 3. The fraction of sp³-hybridized carbons (Fsp3) is 0.318. The number of pyridine rings is 1. The third-order valence-corrected chi connectivity index (χ3v) is 5.48. The Hall–Kier alpha value is -2.70. The molecule has 6 nitrogen and oxygen atoms in total. The molecule has 1 fully saturated rings. The van der Waals surface area contributed by atoms with Gasteiger partial charge in [-0.05, 0) is 42.9 Å². The first-order chi connectivity index (χ1) is 14.0. The molecule has 7 heteroatoms. The number of benzene rings is 1. The summed E-state index contributed by atoms with van der Waals surface area (Å²) in [4.78, 5) is 33.4. The monoisotopic (exact) mass is 413 g/mol. The molecule has 1 N–H and O–H groups in total. The van der Waals surface area contributed by atoms with Crippen LogP contribution in [0.25, 0.3) is 5.76 Å². The molecule has 0 bridgehead atoms. The number of amides is 1. The Morgan fingerprint density at radius 2 is 1.72 bits per heavy atom. The predicted octanol–water partition coefficient (Wildman–Crippen LogP) is 3.50. The van der Waals surface area contributed by atoms with Gasteiger partial charge in [0.1, 0.15) is 5.76 Å². The van der Waals surface area contributed by atoms with Crippen LogP contribution in [0.5, 0.6) is 0 Å². The molecule has 2 aromatic rings. The minimum Gasteiger partial charge on any atom is -0.507 e. The zero-order chi connectivity index (χ0) is 21.0. The SMILES string of the molecule is CCN(CC)CCN1C(=O)C(=O)/C(=C(/O)c2ccncc2)[C@@H]1c1ccc(Cl)cc1. The molecule has 1 aliphatic rings. The highest BCUT2D eigenvalue weighted by molar-refractivity contribution is 6.46. The number of carbonyl (C=O) groups is 2. The lowest BCUT2D eigenvalue weighted by molar-refractivity contribution is -0.140. The van der Waals surface area contributed by atoms with Crippen molar-refractivity contribution in [3.8, 4) is 0 Å². The Balaban J connectivity index is 2.07. The van der Waals surface area contributed by atoms with E-state index in [0.29, 0.717) is 23.7 Å². The van der Waals surface area contributed by atoms with Gasteiger partial charge in [-0.15, -0.1) is 0 Å².